The number of hydrogen-bond donors (Lipinski definition) is 2. The van der Waals surface area contributed by atoms with E-state index >= 15 is 0 Å². The van der Waals surface area contributed by atoms with Crippen molar-refractivity contribution in [2.45, 2.75) is 13.8 Å². The topological polar surface area (TPSA) is 64.9 Å². The zero-order valence-electron chi connectivity index (χ0n) is 13.3. The summed E-state index contributed by atoms with van der Waals surface area (Å²) in [6.45, 7) is 3.86. The zero-order chi connectivity index (χ0) is 17.7. The summed E-state index contributed by atoms with van der Waals surface area (Å²) in [7, 11) is 0. The average Bonchev–Trinajstić information content (AvgIpc) is 2.53. The molecule has 0 bridgehead atoms. The van der Waals surface area contributed by atoms with Crippen LogP contribution >= 0.6 is 23.8 Å². The SMILES string of the molecule is Cc1ccc(NC(=O)[C@@H](C#N)C(=S)Nc2ccccc2Cl)c(C)c1. The van der Waals surface area contributed by atoms with Gasteiger partial charge >= 0.3 is 0 Å². The second-order valence-electron chi connectivity index (χ2n) is 5.34. The predicted molar refractivity (Wildman–Crippen MR) is 101 cm³/mol. The minimum Gasteiger partial charge on any atom is -0.347 e. The molecule has 2 aromatic carbocycles. The first kappa shape index (κ1) is 17.9. The first-order chi connectivity index (χ1) is 11.4. The van der Waals surface area contributed by atoms with E-state index in [-0.39, 0.29) is 4.99 Å². The standard InChI is InChI=1S/C18H16ClN3OS/c1-11-7-8-15(12(2)9-11)21-17(23)13(10-20)18(24)22-16-6-4-3-5-14(16)19/h3-9,13H,1-2H3,(H,21,23)(H,22,24)/t13-/m1/s1. The van der Waals surface area contributed by atoms with Gasteiger partial charge in [0.25, 0.3) is 0 Å². The van der Waals surface area contributed by atoms with Gasteiger partial charge in [0.2, 0.25) is 5.91 Å². The molecule has 24 heavy (non-hydrogen) atoms. The predicted octanol–water partition coefficient (Wildman–Crippen LogP) is 4.47. The van der Waals surface area contributed by atoms with Crippen LogP contribution < -0.4 is 10.6 Å². The molecule has 2 rings (SSSR count). The lowest BCUT2D eigenvalue weighted by atomic mass is 10.1. The normalized spacial score (nSPS) is 11.2. The molecule has 0 fully saturated rings. The Bertz CT molecular complexity index is 829. The van der Waals surface area contributed by atoms with Crippen LogP contribution in [0.1, 0.15) is 11.1 Å². The number of thiocarbonyl (C=S) groups is 1. The summed E-state index contributed by atoms with van der Waals surface area (Å²) < 4.78 is 0. The number of rotatable bonds is 4. The van der Waals surface area contributed by atoms with Crippen LogP contribution in [0.15, 0.2) is 42.5 Å². The van der Waals surface area contributed by atoms with Gasteiger partial charge in [-0.2, -0.15) is 5.26 Å². The summed E-state index contributed by atoms with van der Waals surface area (Å²) in [6.07, 6.45) is 0. The van der Waals surface area contributed by atoms with E-state index in [1.165, 1.54) is 0 Å². The average molecular weight is 358 g/mol. The van der Waals surface area contributed by atoms with E-state index in [4.69, 9.17) is 23.8 Å². The minimum absolute atomic E-state index is 0.105. The van der Waals surface area contributed by atoms with Crippen LogP contribution in [0.25, 0.3) is 0 Å². The molecule has 0 aromatic heterocycles. The highest BCUT2D eigenvalue weighted by Crippen LogP contribution is 2.22. The molecule has 0 unspecified atom stereocenters. The second kappa shape index (κ2) is 7.91. The fourth-order valence-electron chi connectivity index (χ4n) is 2.16. The van der Waals surface area contributed by atoms with Crippen molar-refractivity contribution in [3.63, 3.8) is 0 Å². The van der Waals surface area contributed by atoms with Crippen molar-refractivity contribution in [3.05, 3.63) is 58.6 Å². The minimum atomic E-state index is -1.11. The molecule has 2 aromatic rings. The fraction of sp³-hybridized carbons (Fsp3) is 0.167. The molecule has 6 heteroatoms. The number of aryl methyl sites for hydroxylation is 2. The summed E-state index contributed by atoms with van der Waals surface area (Å²) in [6, 6.07) is 14.6. The molecule has 4 nitrogen and oxygen atoms in total. The van der Waals surface area contributed by atoms with Crippen LogP contribution in [-0.2, 0) is 4.79 Å². The van der Waals surface area contributed by atoms with Gasteiger partial charge < -0.3 is 10.6 Å². The number of anilines is 2. The van der Waals surface area contributed by atoms with Crippen molar-refractivity contribution in [1.82, 2.24) is 0 Å². The fourth-order valence-corrected chi connectivity index (χ4v) is 2.62. The Kier molecular flexibility index (Phi) is 5.91. The maximum Gasteiger partial charge on any atom is 0.248 e. The Balaban J connectivity index is 2.12. The van der Waals surface area contributed by atoms with E-state index in [1.807, 2.05) is 38.1 Å². The van der Waals surface area contributed by atoms with Gasteiger partial charge in [-0.15, -0.1) is 0 Å². The lowest BCUT2D eigenvalue weighted by Gasteiger charge is -2.15. The summed E-state index contributed by atoms with van der Waals surface area (Å²) in [5.74, 6) is -1.59. The maximum absolute atomic E-state index is 12.4. The van der Waals surface area contributed by atoms with E-state index in [1.54, 1.807) is 24.3 Å². The van der Waals surface area contributed by atoms with Gasteiger partial charge in [-0.25, -0.2) is 0 Å². The number of amides is 1. The molecule has 0 aliphatic heterocycles. The lowest BCUT2D eigenvalue weighted by Crippen LogP contribution is -2.31. The zero-order valence-corrected chi connectivity index (χ0v) is 14.8. The maximum atomic E-state index is 12.4. The van der Waals surface area contributed by atoms with Crippen LogP contribution in [0.4, 0.5) is 11.4 Å². The highest BCUT2D eigenvalue weighted by Gasteiger charge is 2.24. The third-order valence-electron chi connectivity index (χ3n) is 3.42. The molecule has 2 N–H and O–H groups in total. The Morgan fingerprint density at radius 3 is 2.50 bits per heavy atom. The highest BCUT2D eigenvalue weighted by atomic mass is 35.5. The van der Waals surface area contributed by atoms with Crippen molar-refractivity contribution in [3.8, 4) is 6.07 Å². The summed E-state index contributed by atoms with van der Waals surface area (Å²) >= 11 is 11.3. The van der Waals surface area contributed by atoms with Crippen molar-refractivity contribution in [2.75, 3.05) is 10.6 Å². The Morgan fingerprint density at radius 2 is 1.88 bits per heavy atom. The molecule has 0 aliphatic carbocycles. The molecule has 122 valence electrons. The van der Waals surface area contributed by atoms with Gasteiger partial charge in [0.05, 0.1) is 16.8 Å². The number of nitrogens with zero attached hydrogens (tertiary/aromatic N) is 1. The molecule has 0 spiro atoms. The first-order valence-electron chi connectivity index (χ1n) is 7.25. The van der Waals surface area contributed by atoms with Gasteiger partial charge in [-0.1, -0.05) is 53.6 Å². The van der Waals surface area contributed by atoms with Crippen molar-refractivity contribution >= 4 is 46.1 Å². The number of para-hydroxylation sites is 1. The van der Waals surface area contributed by atoms with Crippen LogP contribution in [0.2, 0.25) is 5.02 Å². The second-order valence-corrected chi connectivity index (χ2v) is 6.19. The number of halogens is 1. The molecule has 1 atom stereocenters. The van der Waals surface area contributed by atoms with Crippen LogP contribution in [0.3, 0.4) is 0 Å². The number of nitrogens with one attached hydrogen (secondary N) is 2. The largest absolute Gasteiger partial charge is 0.347 e. The molecular weight excluding hydrogens is 342 g/mol. The van der Waals surface area contributed by atoms with Gasteiger partial charge in [0.1, 0.15) is 4.99 Å². The first-order valence-corrected chi connectivity index (χ1v) is 8.04. The Morgan fingerprint density at radius 1 is 1.17 bits per heavy atom. The monoisotopic (exact) mass is 357 g/mol. The third-order valence-corrected chi connectivity index (χ3v) is 4.09. The van der Waals surface area contributed by atoms with Crippen molar-refractivity contribution in [2.24, 2.45) is 5.92 Å². The van der Waals surface area contributed by atoms with E-state index in [0.29, 0.717) is 16.4 Å². The number of carbonyl (C=O) groups is 1. The van der Waals surface area contributed by atoms with Gasteiger partial charge in [-0.05, 0) is 37.6 Å². The van der Waals surface area contributed by atoms with Crippen LogP contribution in [0, 0.1) is 31.1 Å². The Labute approximate surface area is 151 Å². The summed E-state index contributed by atoms with van der Waals surface area (Å²) in [5.41, 5.74) is 3.23. The van der Waals surface area contributed by atoms with Crippen LogP contribution in [-0.4, -0.2) is 10.9 Å². The van der Waals surface area contributed by atoms with E-state index < -0.39 is 11.8 Å². The van der Waals surface area contributed by atoms with Crippen LogP contribution in [0.5, 0.6) is 0 Å². The van der Waals surface area contributed by atoms with Gasteiger partial charge in [0.15, 0.2) is 5.92 Å². The highest BCUT2D eigenvalue weighted by molar-refractivity contribution is 7.80. The smallest absolute Gasteiger partial charge is 0.248 e. The molecule has 0 aliphatic rings. The van der Waals surface area contributed by atoms with E-state index in [0.717, 1.165) is 11.1 Å². The third kappa shape index (κ3) is 4.31. The van der Waals surface area contributed by atoms with Gasteiger partial charge in [0, 0.05) is 5.69 Å². The lowest BCUT2D eigenvalue weighted by molar-refractivity contribution is -0.116. The van der Waals surface area contributed by atoms with E-state index in [2.05, 4.69) is 10.6 Å². The number of nitriles is 1. The van der Waals surface area contributed by atoms with Crippen molar-refractivity contribution in [1.29, 1.82) is 5.26 Å². The Hall–Kier alpha value is -2.42. The molecular formula is C18H16ClN3OS. The molecule has 0 saturated heterocycles. The molecule has 0 saturated carbocycles. The van der Waals surface area contributed by atoms with Gasteiger partial charge in [-0.3, -0.25) is 4.79 Å². The number of hydrogen-bond acceptors (Lipinski definition) is 3. The number of benzene rings is 2. The molecule has 0 radical (unpaired) electrons. The quantitative estimate of drug-likeness (QED) is 0.792. The van der Waals surface area contributed by atoms with Crippen molar-refractivity contribution < 1.29 is 4.79 Å². The molecule has 1 amide bonds. The number of carbonyl (C=O) groups excluding carboxylic acids is 1. The summed E-state index contributed by atoms with van der Waals surface area (Å²) in [4.78, 5) is 12.5. The van der Waals surface area contributed by atoms with E-state index in [9.17, 15) is 10.1 Å². The summed E-state index contributed by atoms with van der Waals surface area (Å²) in [5, 5.41) is 15.4. The molecule has 0 heterocycles.